The zero-order valence-electron chi connectivity index (χ0n) is 34.9. The largest absolute Gasteiger partial charge is 0.466 e. The Balaban J connectivity index is 4.37. The number of ether oxygens (including phenoxy) is 5. The Bertz CT molecular complexity index is 820. The van der Waals surface area contributed by atoms with Crippen LogP contribution < -0.4 is 0 Å². The second-order valence-corrected chi connectivity index (χ2v) is 14.5. The number of nitrogens with zero attached hydrogens (tertiary/aromatic N) is 1. The molecule has 312 valence electrons. The molecule has 0 spiro atoms. The fourth-order valence-corrected chi connectivity index (χ4v) is 6.17. The van der Waals surface area contributed by atoms with Crippen LogP contribution in [0, 0.1) is 11.8 Å². The monoisotopic (exact) mass is 756 g/mol. The molecule has 10 heteroatoms. The van der Waals surface area contributed by atoms with E-state index < -0.39 is 0 Å². The first-order valence-electron chi connectivity index (χ1n) is 21.8. The predicted molar refractivity (Wildman–Crippen MR) is 213 cm³/mol. The minimum atomic E-state index is -0.278. The smallest absolute Gasteiger partial charge is 0.308 e. The van der Waals surface area contributed by atoms with E-state index in [0.717, 1.165) is 83.5 Å². The van der Waals surface area contributed by atoms with Gasteiger partial charge in [0.05, 0.1) is 51.1 Å². The summed E-state index contributed by atoms with van der Waals surface area (Å²) in [6, 6.07) is 0. The molecular formula is C43H81NO9. The molecule has 0 aromatic carbocycles. The highest BCUT2D eigenvalue weighted by Gasteiger charge is 2.20. The van der Waals surface area contributed by atoms with Gasteiger partial charge < -0.3 is 28.6 Å². The van der Waals surface area contributed by atoms with Crippen LogP contribution >= 0.6 is 0 Å². The van der Waals surface area contributed by atoms with E-state index in [9.17, 15) is 19.2 Å². The molecule has 0 bridgehead atoms. The summed E-state index contributed by atoms with van der Waals surface area (Å²) in [5.74, 6) is -0.747. The van der Waals surface area contributed by atoms with Crippen LogP contribution in [0.1, 0.15) is 182 Å². The lowest BCUT2D eigenvalue weighted by atomic mass is 9.95. The molecule has 0 saturated heterocycles. The highest BCUT2D eigenvalue weighted by Crippen LogP contribution is 2.20. The molecule has 0 aliphatic rings. The van der Waals surface area contributed by atoms with E-state index in [1.807, 2.05) is 6.92 Å². The lowest BCUT2D eigenvalue weighted by Crippen LogP contribution is -2.31. The second kappa shape index (κ2) is 38.1. The highest BCUT2D eigenvalue weighted by atomic mass is 16.5. The van der Waals surface area contributed by atoms with Crippen molar-refractivity contribution in [1.29, 1.82) is 0 Å². The molecule has 2 atom stereocenters. The number of carbonyl (C=O) groups is 4. The van der Waals surface area contributed by atoms with Crippen molar-refractivity contribution >= 4 is 23.9 Å². The van der Waals surface area contributed by atoms with E-state index in [-0.39, 0.29) is 48.6 Å². The Kier molecular flexibility index (Phi) is 36.5. The van der Waals surface area contributed by atoms with Gasteiger partial charge in [0.1, 0.15) is 0 Å². The van der Waals surface area contributed by atoms with Gasteiger partial charge in [-0.05, 0) is 64.7 Å². The van der Waals surface area contributed by atoms with Crippen LogP contribution in [0.15, 0.2) is 0 Å². The summed E-state index contributed by atoms with van der Waals surface area (Å²) in [5.41, 5.74) is 0. The molecule has 0 aromatic heterocycles. The fourth-order valence-electron chi connectivity index (χ4n) is 6.17. The summed E-state index contributed by atoms with van der Waals surface area (Å²) in [7, 11) is 0. The summed E-state index contributed by atoms with van der Waals surface area (Å²) in [6.45, 7) is 14.8. The van der Waals surface area contributed by atoms with E-state index in [0.29, 0.717) is 85.0 Å². The van der Waals surface area contributed by atoms with Gasteiger partial charge in [-0.15, -0.1) is 0 Å². The Morgan fingerprint density at radius 2 is 0.811 bits per heavy atom. The Hall–Kier alpha value is -2.20. The van der Waals surface area contributed by atoms with Crippen molar-refractivity contribution < 1.29 is 42.9 Å². The van der Waals surface area contributed by atoms with E-state index >= 15 is 0 Å². The van der Waals surface area contributed by atoms with Crippen LogP contribution in [0.3, 0.4) is 0 Å². The number of rotatable bonds is 39. The van der Waals surface area contributed by atoms with Crippen molar-refractivity contribution in [2.45, 2.75) is 182 Å². The SMILES string of the molecule is CCCCCCC(CCCC)C(=O)OCCCCOC(=O)CCN(CCCOCC)CCC(=O)OCCCCOC(=O)C(CCCC)CCCCCC. The molecule has 0 rings (SSSR count). The third-order valence-corrected chi connectivity index (χ3v) is 9.61. The number of carbonyl (C=O) groups excluding carboxylic acids is 4. The average Bonchev–Trinajstić information content (AvgIpc) is 3.15. The van der Waals surface area contributed by atoms with E-state index in [4.69, 9.17) is 23.7 Å². The third-order valence-electron chi connectivity index (χ3n) is 9.61. The normalized spacial score (nSPS) is 12.4. The molecule has 0 radical (unpaired) electrons. The number of hydrogen-bond donors (Lipinski definition) is 0. The first kappa shape index (κ1) is 50.8. The van der Waals surface area contributed by atoms with Gasteiger partial charge in [-0.2, -0.15) is 0 Å². The van der Waals surface area contributed by atoms with Crippen molar-refractivity contribution in [2.75, 3.05) is 59.3 Å². The van der Waals surface area contributed by atoms with Crippen LogP contribution in [0.25, 0.3) is 0 Å². The maximum absolute atomic E-state index is 12.6. The minimum Gasteiger partial charge on any atom is -0.466 e. The molecular weight excluding hydrogens is 674 g/mol. The zero-order chi connectivity index (χ0) is 39.2. The van der Waals surface area contributed by atoms with Gasteiger partial charge in [0.2, 0.25) is 0 Å². The lowest BCUT2D eigenvalue weighted by Gasteiger charge is -2.21. The van der Waals surface area contributed by atoms with Crippen molar-refractivity contribution in [1.82, 2.24) is 4.90 Å². The molecule has 0 aromatic rings. The fraction of sp³-hybridized carbons (Fsp3) is 0.907. The van der Waals surface area contributed by atoms with Crippen LogP contribution in [0.2, 0.25) is 0 Å². The number of esters is 4. The molecule has 0 fully saturated rings. The quantitative estimate of drug-likeness (QED) is 0.0341. The van der Waals surface area contributed by atoms with Gasteiger partial charge in [-0.3, -0.25) is 19.2 Å². The van der Waals surface area contributed by atoms with Gasteiger partial charge in [-0.25, -0.2) is 0 Å². The van der Waals surface area contributed by atoms with Crippen LogP contribution in [0.4, 0.5) is 0 Å². The molecule has 0 saturated carbocycles. The van der Waals surface area contributed by atoms with E-state index in [1.54, 1.807) is 0 Å². The van der Waals surface area contributed by atoms with Gasteiger partial charge in [0.25, 0.3) is 0 Å². The predicted octanol–water partition coefficient (Wildman–Crippen LogP) is 9.78. The molecule has 0 heterocycles. The first-order chi connectivity index (χ1) is 25.8. The molecule has 0 amide bonds. The number of unbranched alkanes of at least 4 members (excludes halogenated alkanes) is 10. The van der Waals surface area contributed by atoms with Crippen LogP contribution in [-0.2, 0) is 42.9 Å². The van der Waals surface area contributed by atoms with E-state index in [1.165, 1.54) is 25.7 Å². The molecule has 0 aliphatic heterocycles. The Morgan fingerprint density at radius 1 is 0.415 bits per heavy atom. The molecule has 2 unspecified atom stereocenters. The molecule has 10 nitrogen and oxygen atoms in total. The lowest BCUT2D eigenvalue weighted by molar-refractivity contribution is -0.150. The van der Waals surface area contributed by atoms with Crippen molar-refractivity contribution in [3.05, 3.63) is 0 Å². The van der Waals surface area contributed by atoms with Crippen molar-refractivity contribution in [3.8, 4) is 0 Å². The summed E-state index contributed by atoms with van der Waals surface area (Å²) < 4.78 is 27.5. The highest BCUT2D eigenvalue weighted by molar-refractivity contribution is 5.73. The topological polar surface area (TPSA) is 118 Å². The summed E-state index contributed by atoms with van der Waals surface area (Å²) in [6.07, 6.45) is 20.9. The van der Waals surface area contributed by atoms with Gasteiger partial charge in [0.15, 0.2) is 0 Å². The summed E-state index contributed by atoms with van der Waals surface area (Å²) >= 11 is 0. The maximum atomic E-state index is 12.6. The van der Waals surface area contributed by atoms with Crippen LogP contribution in [-0.4, -0.2) is 88.1 Å². The average molecular weight is 756 g/mol. The van der Waals surface area contributed by atoms with E-state index in [2.05, 4.69) is 32.6 Å². The van der Waals surface area contributed by atoms with Gasteiger partial charge >= 0.3 is 23.9 Å². The summed E-state index contributed by atoms with van der Waals surface area (Å²) in [5, 5.41) is 0. The number of hydrogen-bond acceptors (Lipinski definition) is 10. The first-order valence-corrected chi connectivity index (χ1v) is 21.8. The van der Waals surface area contributed by atoms with Gasteiger partial charge in [-0.1, -0.05) is 105 Å². The van der Waals surface area contributed by atoms with Crippen molar-refractivity contribution in [2.24, 2.45) is 11.8 Å². The second-order valence-electron chi connectivity index (χ2n) is 14.5. The van der Waals surface area contributed by atoms with Gasteiger partial charge in [0, 0.05) is 32.8 Å². The Morgan fingerprint density at radius 3 is 1.21 bits per heavy atom. The molecule has 0 N–H and O–H groups in total. The Labute approximate surface area is 324 Å². The third kappa shape index (κ3) is 31.8. The van der Waals surface area contributed by atoms with Crippen molar-refractivity contribution in [3.63, 3.8) is 0 Å². The molecule has 53 heavy (non-hydrogen) atoms. The molecule has 0 aliphatic carbocycles. The maximum Gasteiger partial charge on any atom is 0.308 e. The summed E-state index contributed by atoms with van der Waals surface area (Å²) in [4.78, 5) is 52.3. The minimum absolute atomic E-state index is 0.0102. The van der Waals surface area contributed by atoms with Crippen LogP contribution in [0.5, 0.6) is 0 Å². The zero-order valence-corrected chi connectivity index (χ0v) is 34.9. The standard InChI is InChI=1S/C43H81NO9/c1-6-11-15-17-26-38(24-13-8-3)42(47)52-36-21-19-34-50-40(45)28-31-44(30-23-33-49-10-5)32-29-41(46)51-35-20-22-37-53-43(48)39(25-14-9-4)27-18-16-12-7-2/h38-39H,6-37H2,1-5H3.